The van der Waals surface area contributed by atoms with Crippen LogP contribution in [0.2, 0.25) is 0 Å². The average molecular weight is 503 g/mol. The maximum atomic E-state index is 13.5. The van der Waals surface area contributed by atoms with Crippen molar-refractivity contribution in [3.8, 4) is 0 Å². The first-order valence-corrected chi connectivity index (χ1v) is 13.8. The summed E-state index contributed by atoms with van der Waals surface area (Å²) in [4.78, 5) is 0. The van der Waals surface area contributed by atoms with Crippen LogP contribution in [0.15, 0.2) is 88.8 Å². The van der Waals surface area contributed by atoms with Gasteiger partial charge in [-0.2, -0.15) is 5.10 Å². The van der Waals surface area contributed by atoms with Gasteiger partial charge in [0.15, 0.2) is 0 Å². The molecule has 37 heavy (non-hydrogen) atoms. The van der Waals surface area contributed by atoms with Crippen LogP contribution in [-0.2, 0) is 4.74 Å². The summed E-state index contributed by atoms with van der Waals surface area (Å²) in [7, 11) is 0. The molecule has 3 nitrogen and oxygen atoms in total. The Morgan fingerprint density at radius 1 is 1.24 bits per heavy atom. The summed E-state index contributed by atoms with van der Waals surface area (Å²) >= 11 is 0. The Labute approximate surface area is 223 Å². The van der Waals surface area contributed by atoms with E-state index in [1.807, 2.05) is 11.2 Å². The van der Waals surface area contributed by atoms with Gasteiger partial charge in [0.2, 0.25) is 0 Å². The number of hydrogen-bond acceptors (Lipinski definition) is 3. The van der Waals surface area contributed by atoms with E-state index < -0.39 is 0 Å². The van der Waals surface area contributed by atoms with E-state index in [0.717, 1.165) is 50.0 Å². The van der Waals surface area contributed by atoms with Gasteiger partial charge in [0.1, 0.15) is 17.7 Å². The van der Waals surface area contributed by atoms with Crippen LogP contribution in [0, 0.1) is 23.1 Å². The fourth-order valence-corrected chi connectivity index (χ4v) is 5.88. The van der Waals surface area contributed by atoms with Gasteiger partial charge >= 0.3 is 0 Å². The highest BCUT2D eigenvalue weighted by atomic mass is 19.1. The van der Waals surface area contributed by atoms with Crippen LogP contribution in [0.5, 0.6) is 0 Å². The van der Waals surface area contributed by atoms with Crippen LogP contribution in [-0.4, -0.2) is 18.4 Å². The fourth-order valence-electron chi connectivity index (χ4n) is 5.88. The summed E-state index contributed by atoms with van der Waals surface area (Å²) in [6.45, 7) is 15.8. The molecule has 0 saturated carbocycles. The van der Waals surface area contributed by atoms with Crippen molar-refractivity contribution < 1.29 is 9.13 Å². The van der Waals surface area contributed by atoms with Crippen molar-refractivity contribution in [1.82, 2.24) is 0 Å². The summed E-state index contributed by atoms with van der Waals surface area (Å²) in [5.41, 5.74) is 5.14. The number of fused-ring (bicyclic) bond motifs is 1. The molecule has 198 valence electrons. The number of hydrazone groups is 1. The molecule has 0 saturated heterocycles. The summed E-state index contributed by atoms with van der Waals surface area (Å²) < 4.78 is 20.4. The molecule has 2 aliphatic carbocycles. The van der Waals surface area contributed by atoms with Crippen LogP contribution >= 0.6 is 0 Å². The molecule has 0 aromatic heterocycles. The molecule has 0 radical (unpaired) electrons. The standard InChI is InChI=1S/C33H43FN2O/c1-7-25(20-24(3)22-33(4,5)6)32(27-10-8-9-23(2)19-27)37-30-15-16-31-26(21-30)17-18-35-36(31)29-13-11-28(34)12-14-29/h8-15,18,21,25,27,31-32H,3,7,16-17,19-20,22H2,1-2,4-6H3/t25-,27?,31?,32+/m1/s1. The van der Waals surface area contributed by atoms with Crippen molar-refractivity contribution in [2.24, 2.45) is 22.4 Å². The quantitative estimate of drug-likeness (QED) is 0.315. The number of benzene rings is 1. The molecular weight excluding hydrogens is 459 g/mol. The molecule has 4 atom stereocenters. The summed E-state index contributed by atoms with van der Waals surface area (Å²) in [6, 6.07) is 6.71. The Kier molecular flexibility index (Phi) is 8.56. The number of anilines is 1. The minimum atomic E-state index is -0.233. The second kappa shape index (κ2) is 11.7. The van der Waals surface area contributed by atoms with E-state index in [0.29, 0.717) is 11.8 Å². The van der Waals surface area contributed by atoms with Crippen LogP contribution in [0.25, 0.3) is 0 Å². The molecule has 2 unspecified atom stereocenters. The van der Waals surface area contributed by atoms with Crippen LogP contribution in [0.3, 0.4) is 0 Å². The molecule has 1 aromatic rings. The van der Waals surface area contributed by atoms with Gasteiger partial charge in [-0.1, -0.05) is 63.6 Å². The van der Waals surface area contributed by atoms with E-state index in [2.05, 4.69) is 76.7 Å². The molecule has 0 spiro atoms. The normalized spacial score (nSPS) is 23.0. The largest absolute Gasteiger partial charge is 0.490 e. The number of ether oxygens (including phenoxy) is 1. The third kappa shape index (κ3) is 7.12. The van der Waals surface area contributed by atoms with E-state index in [9.17, 15) is 4.39 Å². The van der Waals surface area contributed by atoms with E-state index in [4.69, 9.17) is 4.74 Å². The average Bonchev–Trinajstić information content (AvgIpc) is 2.85. The summed E-state index contributed by atoms with van der Waals surface area (Å²) in [6.07, 6.45) is 18.9. The van der Waals surface area contributed by atoms with Gasteiger partial charge in [-0.3, -0.25) is 5.01 Å². The second-order valence-electron chi connectivity index (χ2n) is 12.1. The Balaban J connectivity index is 1.53. The third-order valence-corrected chi connectivity index (χ3v) is 7.53. The Bertz CT molecular complexity index is 1120. The van der Waals surface area contributed by atoms with Crippen molar-refractivity contribution in [2.45, 2.75) is 85.3 Å². The molecule has 0 amide bonds. The molecule has 0 bridgehead atoms. The molecule has 1 aliphatic heterocycles. The van der Waals surface area contributed by atoms with Crippen molar-refractivity contribution in [3.05, 3.63) is 89.5 Å². The maximum absolute atomic E-state index is 13.5. The number of halogens is 1. The Hall–Kier alpha value is -2.88. The summed E-state index contributed by atoms with van der Waals surface area (Å²) in [5, 5.41) is 6.64. The minimum Gasteiger partial charge on any atom is -0.490 e. The van der Waals surface area contributed by atoms with Gasteiger partial charge in [-0.05, 0) is 92.4 Å². The number of rotatable bonds is 9. The maximum Gasteiger partial charge on any atom is 0.123 e. The highest BCUT2D eigenvalue weighted by molar-refractivity contribution is 5.69. The van der Waals surface area contributed by atoms with Gasteiger partial charge in [0.05, 0.1) is 11.7 Å². The van der Waals surface area contributed by atoms with Crippen LogP contribution < -0.4 is 5.01 Å². The Morgan fingerprint density at radius 2 is 2.00 bits per heavy atom. The van der Waals surface area contributed by atoms with E-state index in [1.165, 1.54) is 28.9 Å². The van der Waals surface area contributed by atoms with Gasteiger partial charge < -0.3 is 4.74 Å². The van der Waals surface area contributed by atoms with Crippen molar-refractivity contribution in [1.29, 1.82) is 0 Å². The highest BCUT2D eigenvalue weighted by Crippen LogP contribution is 2.38. The smallest absolute Gasteiger partial charge is 0.123 e. The van der Waals surface area contributed by atoms with Gasteiger partial charge in [0, 0.05) is 18.6 Å². The molecule has 0 N–H and O–H groups in total. The summed E-state index contributed by atoms with van der Waals surface area (Å²) in [5.74, 6) is 1.48. The molecule has 4 rings (SSSR count). The topological polar surface area (TPSA) is 24.8 Å². The SMILES string of the molecule is C=C(C[C@@H](CC)[C@H](OC1=CCC2C(=C1)CC=NN2c1ccc(F)cc1)C1C=CC=C(C)C1)CC(C)(C)C. The van der Waals surface area contributed by atoms with Crippen LogP contribution in [0.4, 0.5) is 10.1 Å². The zero-order valence-electron chi connectivity index (χ0n) is 23.2. The molecule has 3 aliphatic rings. The lowest BCUT2D eigenvalue weighted by molar-refractivity contribution is 0.0331. The lowest BCUT2D eigenvalue weighted by Gasteiger charge is -2.38. The number of hydrogen-bond donors (Lipinski definition) is 0. The number of allylic oxidation sites excluding steroid dienone is 5. The second-order valence-corrected chi connectivity index (χ2v) is 12.1. The predicted octanol–water partition coefficient (Wildman–Crippen LogP) is 8.92. The lowest BCUT2D eigenvalue weighted by Crippen LogP contribution is -2.37. The van der Waals surface area contributed by atoms with Gasteiger partial charge in [-0.25, -0.2) is 4.39 Å². The first-order valence-electron chi connectivity index (χ1n) is 13.8. The van der Waals surface area contributed by atoms with Crippen molar-refractivity contribution in [3.63, 3.8) is 0 Å². The first kappa shape index (κ1) is 27.2. The van der Waals surface area contributed by atoms with E-state index in [-0.39, 0.29) is 23.4 Å². The zero-order valence-corrected chi connectivity index (χ0v) is 23.2. The third-order valence-electron chi connectivity index (χ3n) is 7.53. The van der Waals surface area contributed by atoms with Crippen molar-refractivity contribution in [2.75, 3.05) is 5.01 Å². The number of nitrogens with zero attached hydrogens (tertiary/aromatic N) is 2. The predicted molar refractivity (Wildman–Crippen MR) is 154 cm³/mol. The van der Waals surface area contributed by atoms with E-state index >= 15 is 0 Å². The highest BCUT2D eigenvalue weighted by Gasteiger charge is 2.33. The Morgan fingerprint density at radius 3 is 2.68 bits per heavy atom. The van der Waals surface area contributed by atoms with Gasteiger partial charge in [-0.15, -0.1) is 0 Å². The lowest BCUT2D eigenvalue weighted by atomic mass is 9.78. The molecule has 4 heteroatoms. The minimum absolute atomic E-state index is 0.0896. The zero-order chi connectivity index (χ0) is 26.6. The molecular formula is C33H43FN2O. The van der Waals surface area contributed by atoms with E-state index in [1.54, 1.807) is 12.1 Å². The first-order chi connectivity index (χ1) is 17.6. The molecule has 1 heterocycles. The van der Waals surface area contributed by atoms with Crippen molar-refractivity contribution >= 4 is 11.9 Å². The molecule has 0 fully saturated rings. The fraction of sp³-hybridized carbons (Fsp3) is 0.485. The molecule has 1 aromatic carbocycles. The van der Waals surface area contributed by atoms with Gasteiger partial charge in [0.25, 0.3) is 0 Å². The monoisotopic (exact) mass is 502 g/mol. The van der Waals surface area contributed by atoms with Crippen LogP contribution in [0.1, 0.15) is 73.1 Å².